The summed E-state index contributed by atoms with van der Waals surface area (Å²) in [6.07, 6.45) is 1.02. The maximum Gasteiger partial charge on any atom is 0.257 e. The standard InChI is InChI=1S/C16H23N3O2S/c1-13-3-5-14(6-4-13)15(20)18-16(22)17-7-2-8-19-9-11-21-12-10-19/h3-6H,2,7-12H2,1H3,(H2,17,18,20,22)/p+1. The van der Waals surface area contributed by atoms with Crippen molar-refractivity contribution in [3.8, 4) is 0 Å². The lowest BCUT2D eigenvalue weighted by Gasteiger charge is -2.23. The van der Waals surface area contributed by atoms with Gasteiger partial charge in [-0.15, -0.1) is 0 Å². The first-order chi connectivity index (χ1) is 10.6. The molecule has 3 N–H and O–H groups in total. The van der Waals surface area contributed by atoms with Crippen LogP contribution >= 0.6 is 12.2 Å². The number of carbonyl (C=O) groups is 1. The van der Waals surface area contributed by atoms with Crippen LogP contribution in [-0.4, -0.2) is 50.4 Å². The zero-order valence-electron chi connectivity index (χ0n) is 13.0. The molecule has 2 rings (SSSR count). The molecular weight excluding hydrogens is 298 g/mol. The van der Waals surface area contributed by atoms with Crippen LogP contribution in [0, 0.1) is 6.92 Å². The fourth-order valence-electron chi connectivity index (χ4n) is 2.37. The summed E-state index contributed by atoms with van der Waals surface area (Å²) >= 11 is 5.16. The van der Waals surface area contributed by atoms with Gasteiger partial charge < -0.3 is 15.0 Å². The molecule has 1 aromatic rings. The van der Waals surface area contributed by atoms with E-state index in [4.69, 9.17) is 17.0 Å². The van der Waals surface area contributed by atoms with Crippen LogP contribution in [0.25, 0.3) is 0 Å². The van der Waals surface area contributed by atoms with Crippen molar-refractivity contribution in [1.82, 2.24) is 10.6 Å². The summed E-state index contributed by atoms with van der Waals surface area (Å²) < 4.78 is 5.33. The van der Waals surface area contributed by atoms with Gasteiger partial charge >= 0.3 is 0 Å². The van der Waals surface area contributed by atoms with Crippen molar-refractivity contribution in [2.24, 2.45) is 0 Å². The zero-order chi connectivity index (χ0) is 15.8. The van der Waals surface area contributed by atoms with Crippen molar-refractivity contribution in [2.45, 2.75) is 13.3 Å². The Morgan fingerprint density at radius 1 is 1.27 bits per heavy atom. The molecule has 1 amide bonds. The van der Waals surface area contributed by atoms with E-state index in [1.807, 2.05) is 19.1 Å². The minimum atomic E-state index is -0.170. The quantitative estimate of drug-likeness (QED) is 0.524. The second kappa shape index (κ2) is 8.82. The van der Waals surface area contributed by atoms with Crippen LogP contribution in [0.1, 0.15) is 22.3 Å². The summed E-state index contributed by atoms with van der Waals surface area (Å²) in [5.74, 6) is -0.170. The van der Waals surface area contributed by atoms with Gasteiger partial charge in [0.25, 0.3) is 5.91 Å². The Hall–Kier alpha value is -1.50. The Balaban J connectivity index is 1.62. The largest absolute Gasteiger partial charge is 0.370 e. The molecule has 1 fully saturated rings. The van der Waals surface area contributed by atoms with Gasteiger partial charge in [-0.3, -0.25) is 10.1 Å². The number of aryl methyl sites for hydroxylation is 1. The third-order valence-electron chi connectivity index (χ3n) is 3.73. The fraction of sp³-hybridized carbons (Fsp3) is 0.500. The lowest BCUT2D eigenvalue weighted by Crippen LogP contribution is -3.14. The van der Waals surface area contributed by atoms with Crippen LogP contribution in [0.3, 0.4) is 0 Å². The minimum Gasteiger partial charge on any atom is -0.370 e. The maximum atomic E-state index is 12.0. The van der Waals surface area contributed by atoms with Crippen molar-refractivity contribution in [3.63, 3.8) is 0 Å². The van der Waals surface area contributed by atoms with Crippen LogP contribution in [0.2, 0.25) is 0 Å². The molecule has 0 aromatic heterocycles. The Morgan fingerprint density at radius 2 is 1.95 bits per heavy atom. The second-order valence-electron chi connectivity index (χ2n) is 5.54. The summed E-state index contributed by atoms with van der Waals surface area (Å²) in [5.41, 5.74) is 1.75. The van der Waals surface area contributed by atoms with E-state index in [-0.39, 0.29) is 5.91 Å². The van der Waals surface area contributed by atoms with Gasteiger partial charge in [-0.1, -0.05) is 17.7 Å². The molecule has 0 atom stereocenters. The molecular formula is C16H24N3O2S+. The number of hydrogen-bond acceptors (Lipinski definition) is 3. The number of amides is 1. The lowest BCUT2D eigenvalue weighted by atomic mass is 10.1. The molecule has 1 aliphatic heterocycles. The molecule has 0 spiro atoms. The molecule has 0 radical (unpaired) electrons. The second-order valence-corrected chi connectivity index (χ2v) is 5.95. The van der Waals surface area contributed by atoms with Crippen molar-refractivity contribution >= 4 is 23.2 Å². The molecule has 1 heterocycles. The minimum absolute atomic E-state index is 0.170. The SMILES string of the molecule is Cc1ccc(C(=O)NC(=S)NCCC[NH+]2CCOCC2)cc1. The third-order valence-corrected chi connectivity index (χ3v) is 3.98. The van der Waals surface area contributed by atoms with Crippen LogP contribution in [0.15, 0.2) is 24.3 Å². The van der Waals surface area contributed by atoms with E-state index >= 15 is 0 Å². The zero-order valence-corrected chi connectivity index (χ0v) is 13.8. The normalized spacial score (nSPS) is 15.3. The average molecular weight is 322 g/mol. The first-order valence-corrected chi connectivity index (χ1v) is 8.13. The van der Waals surface area contributed by atoms with Gasteiger partial charge in [-0.05, 0) is 31.3 Å². The summed E-state index contributed by atoms with van der Waals surface area (Å²) in [5, 5.41) is 6.19. The summed E-state index contributed by atoms with van der Waals surface area (Å²) in [6, 6.07) is 7.43. The highest BCUT2D eigenvalue weighted by atomic mass is 32.1. The monoisotopic (exact) mass is 322 g/mol. The van der Waals surface area contributed by atoms with E-state index in [2.05, 4.69) is 10.6 Å². The molecule has 22 heavy (non-hydrogen) atoms. The van der Waals surface area contributed by atoms with Gasteiger partial charge in [0.1, 0.15) is 13.1 Å². The Bertz CT molecular complexity index is 499. The molecule has 6 heteroatoms. The summed E-state index contributed by atoms with van der Waals surface area (Å²) in [7, 11) is 0. The van der Waals surface area contributed by atoms with Gasteiger partial charge in [-0.25, -0.2) is 0 Å². The van der Waals surface area contributed by atoms with E-state index in [1.165, 1.54) is 0 Å². The topological polar surface area (TPSA) is 54.8 Å². The van der Waals surface area contributed by atoms with Crippen molar-refractivity contribution in [3.05, 3.63) is 35.4 Å². The van der Waals surface area contributed by atoms with Crippen LogP contribution < -0.4 is 15.5 Å². The molecule has 0 aliphatic carbocycles. The van der Waals surface area contributed by atoms with E-state index in [1.54, 1.807) is 17.0 Å². The summed E-state index contributed by atoms with van der Waals surface area (Å²) in [4.78, 5) is 13.6. The molecule has 5 nitrogen and oxygen atoms in total. The smallest absolute Gasteiger partial charge is 0.257 e. The number of quaternary nitrogens is 1. The van der Waals surface area contributed by atoms with Crippen LogP contribution in [0.4, 0.5) is 0 Å². The first-order valence-electron chi connectivity index (χ1n) is 7.72. The highest BCUT2D eigenvalue weighted by Crippen LogP contribution is 2.02. The number of carbonyl (C=O) groups excluding carboxylic acids is 1. The lowest BCUT2D eigenvalue weighted by molar-refractivity contribution is -0.908. The number of benzene rings is 1. The fourth-order valence-corrected chi connectivity index (χ4v) is 2.57. The van der Waals surface area contributed by atoms with Crippen LogP contribution in [-0.2, 0) is 4.74 Å². The first kappa shape index (κ1) is 16.9. The van der Waals surface area contributed by atoms with Crippen molar-refractivity contribution < 1.29 is 14.4 Å². The highest BCUT2D eigenvalue weighted by Gasteiger charge is 2.13. The van der Waals surface area contributed by atoms with Crippen molar-refractivity contribution in [1.29, 1.82) is 0 Å². The van der Waals surface area contributed by atoms with Gasteiger partial charge in [0, 0.05) is 18.5 Å². The highest BCUT2D eigenvalue weighted by molar-refractivity contribution is 7.80. The number of nitrogens with one attached hydrogen (secondary N) is 3. The summed E-state index contributed by atoms with van der Waals surface area (Å²) in [6.45, 7) is 7.73. The van der Waals surface area contributed by atoms with Gasteiger partial charge in [0.15, 0.2) is 5.11 Å². The molecule has 1 aromatic carbocycles. The molecule has 0 bridgehead atoms. The molecule has 1 saturated heterocycles. The van der Waals surface area contributed by atoms with Gasteiger partial charge in [-0.2, -0.15) is 0 Å². The van der Waals surface area contributed by atoms with Crippen molar-refractivity contribution in [2.75, 3.05) is 39.4 Å². The number of thiocarbonyl (C=S) groups is 1. The van der Waals surface area contributed by atoms with E-state index in [9.17, 15) is 4.79 Å². The number of rotatable bonds is 5. The van der Waals surface area contributed by atoms with E-state index in [0.29, 0.717) is 10.7 Å². The molecule has 1 aliphatic rings. The maximum absolute atomic E-state index is 12.0. The Morgan fingerprint density at radius 3 is 2.64 bits per heavy atom. The Kier molecular flexibility index (Phi) is 6.76. The predicted molar refractivity (Wildman–Crippen MR) is 90.2 cm³/mol. The Labute approximate surface area is 137 Å². The van der Waals surface area contributed by atoms with Gasteiger partial charge in [0.2, 0.25) is 0 Å². The number of morpholine rings is 1. The van der Waals surface area contributed by atoms with Crippen LogP contribution in [0.5, 0.6) is 0 Å². The third kappa shape index (κ3) is 5.71. The number of hydrogen-bond donors (Lipinski definition) is 3. The van der Waals surface area contributed by atoms with E-state index < -0.39 is 0 Å². The predicted octanol–water partition coefficient (Wildman–Crippen LogP) is -0.0955. The average Bonchev–Trinajstić information content (AvgIpc) is 2.53. The molecule has 0 saturated carbocycles. The molecule has 120 valence electrons. The molecule has 0 unspecified atom stereocenters. The number of ether oxygens (including phenoxy) is 1. The van der Waals surface area contributed by atoms with E-state index in [0.717, 1.165) is 51.4 Å². The van der Waals surface area contributed by atoms with Gasteiger partial charge in [0.05, 0.1) is 19.8 Å².